The van der Waals surface area contributed by atoms with Crippen molar-refractivity contribution in [1.29, 1.82) is 0 Å². The Balaban J connectivity index is 1.90. The van der Waals surface area contributed by atoms with Crippen molar-refractivity contribution in [3.05, 3.63) is 34.9 Å². The van der Waals surface area contributed by atoms with E-state index in [1.807, 2.05) is 36.1 Å². The van der Waals surface area contributed by atoms with E-state index in [1.165, 1.54) is 0 Å². The molecule has 0 spiro atoms. The lowest BCUT2D eigenvalue weighted by atomic mass is 9.92. The Kier molecular flexibility index (Phi) is 4.83. The van der Waals surface area contributed by atoms with E-state index in [2.05, 4.69) is 0 Å². The van der Waals surface area contributed by atoms with Gasteiger partial charge in [-0.05, 0) is 37.3 Å². The number of halogens is 1. The predicted molar refractivity (Wildman–Crippen MR) is 76.1 cm³/mol. The van der Waals surface area contributed by atoms with Crippen molar-refractivity contribution in [3.8, 4) is 0 Å². The van der Waals surface area contributed by atoms with Crippen molar-refractivity contribution in [2.24, 2.45) is 5.92 Å². The SMILES string of the molecule is CC(O)C1CCN(C(=O)Cc2ccccc2Cl)CC1. The topological polar surface area (TPSA) is 40.5 Å². The molecule has 1 saturated heterocycles. The Labute approximate surface area is 119 Å². The van der Waals surface area contributed by atoms with Gasteiger partial charge in [-0.3, -0.25) is 4.79 Å². The number of carbonyl (C=O) groups is 1. The lowest BCUT2D eigenvalue weighted by Crippen LogP contribution is -2.41. The average molecular weight is 282 g/mol. The van der Waals surface area contributed by atoms with Gasteiger partial charge < -0.3 is 10.0 Å². The summed E-state index contributed by atoms with van der Waals surface area (Å²) in [5, 5.41) is 10.2. The van der Waals surface area contributed by atoms with E-state index in [-0.39, 0.29) is 12.0 Å². The summed E-state index contributed by atoms with van der Waals surface area (Å²) in [5.74, 6) is 0.446. The summed E-state index contributed by atoms with van der Waals surface area (Å²) >= 11 is 6.07. The van der Waals surface area contributed by atoms with Crippen molar-refractivity contribution in [2.45, 2.75) is 32.3 Å². The molecular weight excluding hydrogens is 262 g/mol. The van der Waals surface area contributed by atoms with Crippen LogP contribution >= 0.6 is 11.6 Å². The number of benzene rings is 1. The molecule has 1 heterocycles. The van der Waals surface area contributed by atoms with E-state index in [0.29, 0.717) is 17.4 Å². The van der Waals surface area contributed by atoms with Crippen LogP contribution in [-0.2, 0) is 11.2 Å². The summed E-state index contributed by atoms with van der Waals surface area (Å²) in [6, 6.07) is 7.46. The van der Waals surface area contributed by atoms with Gasteiger partial charge in [0.05, 0.1) is 12.5 Å². The number of aliphatic hydroxyl groups is 1. The lowest BCUT2D eigenvalue weighted by molar-refractivity contribution is -0.132. The quantitative estimate of drug-likeness (QED) is 0.925. The summed E-state index contributed by atoms with van der Waals surface area (Å²) < 4.78 is 0. The second-order valence-electron chi connectivity index (χ2n) is 5.23. The van der Waals surface area contributed by atoms with Crippen LogP contribution in [0.3, 0.4) is 0 Å². The number of nitrogens with zero attached hydrogens (tertiary/aromatic N) is 1. The molecule has 1 amide bonds. The Morgan fingerprint density at radius 2 is 2.05 bits per heavy atom. The number of hydrogen-bond donors (Lipinski definition) is 1. The molecule has 2 rings (SSSR count). The molecular formula is C15H20ClNO2. The minimum Gasteiger partial charge on any atom is -0.393 e. The largest absolute Gasteiger partial charge is 0.393 e. The molecule has 4 heteroatoms. The smallest absolute Gasteiger partial charge is 0.227 e. The van der Waals surface area contributed by atoms with Gasteiger partial charge in [0.2, 0.25) is 5.91 Å². The Bertz CT molecular complexity index is 440. The fraction of sp³-hybridized carbons (Fsp3) is 0.533. The minimum atomic E-state index is -0.277. The molecule has 1 aromatic rings. The average Bonchev–Trinajstić information content (AvgIpc) is 2.41. The zero-order valence-corrected chi connectivity index (χ0v) is 11.9. The van der Waals surface area contributed by atoms with Crippen LogP contribution in [0.25, 0.3) is 0 Å². The molecule has 0 radical (unpaired) electrons. The number of hydrogen-bond acceptors (Lipinski definition) is 2. The maximum Gasteiger partial charge on any atom is 0.227 e. The van der Waals surface area contributed by atoms with Crippen LogP contribution in [0.15, 0.2) is 24.3 Å². The van der Waals surface area contributed by atoms with E-state index in [0.717, 1.165) is 31.5 Å². The highest BCUT2D eigenvalue weighted by Crippen LogP contribution is 2.22. The minimum absolute atomic E-state index is 0.122. The maximum absolute atomic E-state index is 12.2. The van der Waals surface area contributed by atoms with Gasteiger partial charge >= 0.3 is 0 Å². The summed E-state index contributed by atoms with van der Waals surface area (Å²) in [7, 11) is 0. The first kappa shape index (κ1) is 14.4. The van der Waals surface area contributed by atoms with Crippen molar-refractivity contribution in [3.63, 3.8) is 0 Å². The van der Waals surface area contributed by atoms with Gasteiger partial charge in [-0.1, -0.05) is 29.8 Å². The third kappa shape index (κ3) is 3.71. The van der Waals surface area contributed by atoms with Crippen LogP contribution in [0.5, 0.6) is 0 Å². The summed E-state index contributed by atoms with van der Waals surface area (Å²) in [4.78, 5) is 14.1. The van der Waals surface area contributed by atoms with Gasteiger partial charge in [0.25, 0.3) is 0 Å². The molecule has 104 valence electrons. The third-order valence-corrected chi connectivity index (χ3v) is 4.24. The number of amides is 1. The Morgan fingerprint density at radius 1 is 1.42 bits per heavy atom. The molecule has 0 saturated carbocycles. The molecule has 1 aliphatic heterocycles. The van der Waals surface area contributed by atoms with Gasteiger partial charge in [0.1, 0.15) is 0 Å². The standard InChI is InChI=1S/C15H20ClNO2/c1-11(18)12-6-8-17(9-7-12)15(19)10-13-4-2-3-5-14(13)16/h2-5,11-12,18H,6-10H2,1H3. The van der Waals surface area contributed by atoms with E-state index in [9.17, 15) is 9.90 Å². The first-order valence-corrected chi connectivity index (χ1v) is 7.15. The molecule has 0 aromatic heterocycles. The van der Waals surface area contributed by atoms with Crippen molar-refractivity contribution >= 4 is 17.5 Å². The first-order chi connectivity index (χ1) is 9.08. The van der Waals surface area contributed by atoms with Gasteiger partial charge in [-0.25, -0.2) is 0 Å². The van der Waals surface area contributed by atoms with Gasteiger partial charge in [0.15, 0.2) is 0 Å². The maximum atomic E-state index is 12.2. The predicted octanol–water partition coefficient (Wildman–Crippen LogP) is 2.50. The van der Waals surface area contributed by atoms with Crippen molar-refractivity contribution < 1.29 is 9.90 Å². The third-order valence-electron chi connectivity index (χ3n) is 3.87. The van der Waals surface area contributed by atoms with Crippen LogP contribution in [0.2, 0.25) is 5.02 Å². The van der Waals surface area contributed by atoms with Crippen LogP contribution in [-0.4, -0.2) is 35.1 Å². The van der Waals surface area contributed by atoms with E-state index in [1.54, 1.807) is 0 Å². The lowest BCUT2D eigenvalue weighted by Gasteiger charge is -2.33. The van der Waals surface area contributed by atoms with E-state index < -0.39 is 0 Å². The van der Waals surface area contributed by atoms with Crippen molar-refractivity contribution in [1.82, 2.24) is 4.90 Å². The van der Waals surface area contributed by atoms with Gasteiger partial charge in [-0.15, -0.1) is 0 Å². The molecule has 0 bridgehead atoms. The van der Waals surface area contributed by atoms with Crippen molar-refractivity contribution in [2.75, 3.05) is 13.1 Å². The summed E-state index contributed by atoms with van der Waals surface area (Å²) in [6.07, 6.45) is 1.84. The summed E-state index contributed by atoms with van der Waals surface area (Å²) in [6.45, 7) is 3.30. The molecule has 1 unspecified atom stereocenters. The molecule has 1 aliphatic rings. The second kappa shape index (κ2) is 6.40. The normalized spacial score (nSPS) is 18.4. The fourth-order valence-electron chi connectivity index (χ4n) is 2.55. The Hall–Kier alpha value is -1.06. The molecule has 3 nitrogen and oxygen atoms in total. The van der Waals surface area contributed by atoms with Gasteiger partial charge in [0, 0.05) is 18.1 Å². The van der Waals surface area contributed by atoms with Crippen LogP contribution in [0.4, 0.5) is 0 Å². The number of aliphatic hydroxyl groups excluding tert-OH is 1. The molecule has 1 fully saturated rings. The zero-order chi connectivity index (χ0) is 13.8. The highest BCUT2D eigenvalue weighted by molar-refractivity contribution is 6.31. The highest BCUT2D eigenvalue weighted by atomic mass is 35.5. The van der Waals surface area contributed by atoms with Gasteiger partial charge in [-0.2, -0.15) is 0 Å². The zero-order valence-electron chi connectivity index (χ0n) is 11.2. The monoisotopic (exact) mass is 281 g/mol. The van der Waals surface area contributed by atoms with Crippen LogP contribution < -0.4 is 0 Å². The molecule has 19 heavy (non-hydrogen) atoms. The second-order valence-corrected chi connectivity index (χ2v) is 5.63. The molecule has 0 aliphatic carbocycles. The number of piperidine rings is 1. The molecule has 1 aromatic carbocycles. The first-order valence-electron chi connectivity index (χ1n) is 6.77. The molecule has 1 N–H and O–H groups in total. The highest BCUT2D eigenvalue weighted by Gasteiger charge is 2.25. The fourth-order valence-corrected chi connectivity index (χ4v) is 2.75. The van der Waals surface area contributed by atoms with E-state index >= 15 is 0 Å². The number of likely N-dealkylation sites (tertiary alicyclic amines) is 1. The Morgan fingerprint density at radius 3 is 2.63 bits per heavy atom. The molecule has 1 atom stereocenters. The van der Waals surface area contributed by atoms with Crippen LogP contribution in [0, 0.1) is 5.92 Å². The summed E-state index contributed by atoms with van der Waals surface area (Å²) in [5.41, 5.74) is 0.881. The van der Waals surface area contributed by atoms with Crippen LogP contribution in [0.1, 0.15) is 25.3 Å². The number of rotatable bonds is 3. The number of carbonyl (C=O) groups excluding carboxylic acids is 1. The van der Waals surface area contributed by atoms with E-state index in [4.69, 9.17) is 11.6 Å².